The third-order valence-electron chi connectivity index (χ3n) is 5.48. The van der Waals surface area contributed by atoms with E-state index in [2.05, 4.69) is 40.3 Å². The Bertz CT molecular complexity index is 617. The molecule has 2 aliphatic heterocycles. The smallest absolute Gasteiger partial charge is 0.232 e. The molecule has 7 nitrogen and oxygen atoms in total. The lowest BCUT2D eigenvalue weighted by molar-refractivity contribution is 0.204. The lowest BCUT2D eigenvalue weighted by atomic mass is 10.00. The van der Waals surface area contributed by atoms with Gasteiger partial charge in [-0.3, -0.25) is 0 Å². The molecule has 2 N–H and O–H groups in total. The number of hydrogen-bond acceptors (Lipinski definition) is 6. The maximum atomic E-state index is 5.40. The van der Waals surface area contributed by atoms with Crippen molar-refractivity contribution in [3.63, 3.8) is 0 Å². The summed E-state index contributed by atoms with van der Waals surface area (Å²) >= 11 is 5.40. The van der Waals surface area contributed by atoms with Gasteiger partial charge in [-0.05, 0) is 49.7 Å². The molecule has 0 bridgehead atoms. The molecule has 2 fully saturated rings. The first-order valence-electron chi connectivity index (χ1n) is 10.5. The van der Waals surface area contributed by atoms with Crippen molar-refractivity contribution in [2.45, 2.75) is 39.5 Å². The molecular formula is C20H34N6OS. The predicted molar refractivity (Wildman–Crippen MR) is 119 cm³/mol. The van der Waals surface area contributed by atoms with E-state index in [1.165, 1.54) is 25.7 Å². The molecule has 2 atom stereocenters. The molecule has 0 aliphatic carbocycles. The van der Waals surface area contributed by atoms with Crippen molar-refractivity contribution in [3.8, 4) is 0 Å². The summed E-state index contributed by atoms with van der Waals surface area (Å²) in [6, 6.07) is 2.16. The van der Waals surface area contributed by atoms with E-state index < -0.39 is 0 Å². The van der Waals surface area contributed by atoms with Crippen LogP contribution in [0.15, 0.2) is 6.07 Å². The summed E-state index contributed by atoms with van der Waals surface area (Å²) in [4.78, 5) is 14.4. The van der Waals surface area contributed by atoms with Crippen LogP contribution in [0.3, 0.4) is 0 Å². The van der Waals surface area contributed by atoms with Crippen molar-refractivity contribution in [2.75, 3.05) is 61.6 Å². The number of methoxy groups -OCH3 is 1. The van der Waals surface area contributed by atoms with Crippen molar-refractivity contribution in [2.24, 2.45) is 11.8 Å². The van der Waals surface area contributed by atoms with Gasteiger partial charge in [0.15, 0.2) is 5.11 Å². The number of rotatable bonds is 6. The molecule has 1 aromatic heterocycles. The Morgan fingerprint density at radius 1 is 1.11 bits per heavy atom. The number of ether oxygens (including phenoxy) is 1. The van der Waals surface area contributed by atoms with Gasteiger partial charge in [0.05, 0.1) is 6.61 Å². The summed E-state index contributed by atoms with van der Waals surface area (Å²) in [7, 11) is 1.68. The highest BCUT2D eigenvalue weighted by Gasteiger charge is 2.23. The van der Waals surface area contributed by atoms with Gasteiger partial charge >= 0.3 is 0 Å². The lowest BCUT2D eigenvalue weighted by Crippen LogP contribution is -2.37. The summed E-state index contributed by atoms with van der Waals surface area (Å²) in [5, 5.41) is 6.83. The van der Waals surface area contributed by atoms with E-state index in [0.717, 1.165) is 37.8 Å². The van der Waals surface area contributed by atoms with Crippen LogP contribution in [0.2, 0.25) is 0 Å². The average molecular weight is 407 g/mol. The molecule has 0 spiro atoms. The highest BCUT2D eigenvalue weighted by molar-refractivity contribution is 7.80. The van der Waals surface area contributed by atoms with E-state index in [1.54, 1.807) is 7.11 Å². The molecule has 0 saturated carbocycles. The second-order valence-corrected chi connectivity index (χ2v) is 8.58. The van der Waals surface area contributed by atoms with Crippen molar-refractivity contribution in [1.29, 1.82) is 0 Å². The van der Waals surface area contributed by atoms with Crippen LogP contribution in [0.25, 0.3) is 0 Å². The van der Waals surface area contributed by atoms with E-state index >= 15 is 0 Å². The predicted octanol–water partition coefficient (Wildman–Crippen LogP) is 2.88. The van der Waals surface area contributed by atoms with E-state index in [0.29, 0.717) is 36.0 Å². The van der Waals surface area contributed by atoms with Gasteiger partial charge in [-0.15, -0.1) is 0 Å². The standard InChI is InChI=1S/C20H34N6OS/c1-15-6-4-9-25(13-15)17-12-18(26-10-5-7-16(2)14-26)23-19(22-17)24-20(28)21-8-11-27-3/h12,15-16H,4-11,13-14H2,1-3H3,(H2,21,22,23,24,28)/t15-,16+. The number of aromatic nitrogens is 2. The Morgan fingerprint density at radius 2 is 1.68 bits per heavy atom. The van der Waals surface area contributed by atoms with Gasteiger partial charge in [-0.1, -0.05) is 13.8 Å². The molecule has 0 amide bonds. The SMILES string of the molecule is COCCNC(=S)Nc1nc(N2CCC[C@@H](C)C2)cc(N2CCC[C@H](C)C2)n1. The first-order valence-corrected chi connectivity index (χ1v) is 10.9. The second-order valence-electron chi connectivity index (χ2n) is 8.17. The van der Waals surface area contributed by atoms with Gasteiger partial charge in [-0.25, -0.2) is 0 Å². The quantitative estimate of drug-likeness (QED) is 0.552. The minimum absolute atomic E-state index is 0.527. The molecule has 1 aromatic rings. The average Bonchev–Trinajstić information content (AvgIpc) is 2.68. The fourth-order valence-corrected chi connectivity index (χ4v) is 4.20. The van der Waals surface area contributed by atoms with E-state index in [-0.39, 0.29) is 0 Å². The van der Waals surface area contributed by atoms with Gasteiger partial charge in [0.25, 0.3) is 0 Å². The van der Waals surface area contributed by atoms with Crippen molar-refractivity contribution < 1.29 is 4.74 Å². The third-order valence-corrected chi connectivity index (χ3v) is 5.72. The summed E-state index contributed by atoms with van der Waals surface area (Å²) in [5.41, 5.74) is 0. The van der Waals surface area contributed by atoms with Crippen LogP contribution in [-0.2, 0) is 4.74 Å². The molecular weight excluding hydrogens is 372 g/mol. The molecule has 3 heterocycles. The summed E-state index contributed by atoms with van der Waals surface area (Å²) in [6.45, 7) is 10.1. The van der Waals surface area contributed by atoms with E-state index in [1.807, 2.05) is 0 Å². The molecule has 2 saturated heterocycles. The summed E-state index contributed by atoms with van der Waals surface area (Å²) < 4.78 is 5.06. The lowest BCUT2D eigenvalue weighted by Gasteiger charge is -2.35. The fourth-order valence-electron chi connectivity index (χ4n) is 4.01. The van der Waals surface area contributed by atoms with Crippen molar-refractivity contribution >= 4 is 34.9 Å². The molecule has 3 rings (SSSR count). The summed E-state index contributed by atoms with van der Waals surface area (Å²) in [5.74, 6) is 3.94. The number of nitrogens with zero attached hydrogens (tertiary/aromatic N) is 4. The number of nitrogens with one attached hydrogen (secondary N) is 2. The van der Waals surface area contributed by atoms with Crippen LogP contribution in [0.4, 0.5) is 17.6 Å². The maximum Gasteiger partial charge on any atom is 0.232 e. The fraction of sp³-hybridized carbons (Fsp3) is 0.750. The number of thiocarbonyl (C=S) groups is 1. The van der Waals surface area contributed by atoms with Crippen molar-refractivity contribution in [1.82, 2.24) is 15.3 Å². The maximum absolute atomic E-state index is 5.40. The van der Waals surface area contributed by atoms with Gasteiger partial charge in [-0.2, -0.15) is 9.97 Å². The summed E-state index contributed by atoms with van der Waals surface area (Å²) in [6.07, 6.45) is 5.00. The van der Waals surface area contributed by atoms with Crippen LogP contribution < -0.4 is 20.4 Å². The number of hydrogen-bond donors (Lipinski definition) is 2. The number of piperidine rings is 2. The van der Waals surface area contributed by atoms with E-state index in [4.69, 9.17) is 26.9 Å². The molecule has 0 unspecified atom stereocenters. The Hall–Kier alpha value is -1.67. The molecule has 0 aromatic carbocycles. The highest BCUT2D eigenvalue weighted by atomic mass is 32.1. The van der Waals surface area contributed by atoms with Crippen molar-refractivity contribution in [3.05, 3.63) is 6.07 Å². The largest absolute Gasteiger partial charge is 0.383 e. The Labute approximate surface area is 174 Å². The molecule has 8 heteroatoms. The Morgan fingerprint density at radius 3 is 2.18 bits per heavy atom. The zero-order valence-corrected chi connectivity index (χ0v) is 18.2. The van der Waals surface area contributed by atoms with E-state index in [9.17, 15) is 0 Å². The molecule has 2 aliphatic rings. The van der Waals surface area contributed by atoms with Crippen LogP contribution in [0.1, 0.15) is 39.5 Å². The first kappa shape index (κ1) is 21.0. The molecule has 156 valence electrons. The van der Waals surface area contributed by atoms with Gasteiger partial charge in [0.2, 0.25) is 5.95 Å². The number of anilines is 3. The minimum Gasteiger partial charge on any atom is -0.383 e. The van der Waals surface area contributed by atoms with Crippen LogP contribution in [0.5, 0.6) is 0 Å². The Kier molecular flexibility index (Phi) is 7.67. The zero-order chi connectivity index (χ0) is 19.9. The first-order chi connectivity index (χ1) is 13.5. The van der Waals surface area contributed by atoms with Gasteiger partial charge < -0.3 is 25.2 Å². The van der Waals surface area contributed by atoms with Crippen LogP contribution in [0, 0.1) is 11.8 Å². The monoisotopic (exact) mass is 406 g/mol. The normalized spacial score (nSPS) is 22.8. The van der Waals surface area contributed by atoms with Crippen LogP contribution in [-0.4, -0.2) is 61.5 Å². The van der Waals surface area contributed by atoms with Gasteiger partial charge in [0, 0.05) is 45.9 Å². The topological polar surface area (TPSA) is 65.6 Å². The third kappa shape index (κ3) is 5.91. The molecule has 0 radical (unpaired) electrons. The molecule has 28 heavy (non-hydrogen) atoms. The second kappa shape index (κ2) is 10.2. The van der Waals surface area contributed by atoms with Crippen LogP contribution >= 0.6 is 12.2 Å². The van der Waals surface area contributed by atoms with Gasteiger partial charge in [0.1, 0.15) is 11.6 Å². The highest BCUT2D eigenvalue weighted by Crippen LogP contribution is 2.28. The zero-order valence-electron chi connectivity index (χ0n) is 17.4. The Balaban J connectivity index is 1.80. The minimum atomic E-state index is 0.527.